The summed E-state index contributed by atoms with van der Waals surface area (Å²) in [7, 11) is 1.70. The Morgan fingerprint density at radius 2 is 1.87 bits per heavy atom. The molecule has 0 atom stereocenters. The molecular formula is C30H28BrN3O4S. The van der Waals surface area contributed by atoms with Gasteiger partial charge in [0, 0.05) is 25.7 Å². The molecule has 39 heavy (non-hydrogen) atoms. The van der Waals surface area contributed by atoms with Crippen LogP contribution in [0.3, 0.4) is 0 Å². The van der Waals surface area contributed by atoms with Gasteiger partial charge >= 0.3 is 0 Å². The van der Waals surface area contributed by atoms with Crippen LogP contribution in [0.4, 0.5) is 5.69 Å². The SMILES string of the molecule is Cc1ccc(COc2ccc(/C=C3/SC(=Nc4cccc(C(=O)N5CCOCC5)c4)N(C)C3=O)cc2Br)cc1. The highest BCUT2D eigenvalue weighted by molar-refractivity contribution is 9.10. The largest absolute Gasteiger partial charge is 0.488 e. The number of hydrogen-bond acceptors (Lipinski definition) is 6. The van der Waals surface area contributed by atoms with E-state index in [9.17, 15) is 9.59 Å². The molecule has 0 unspecified atom stereocenters. The van der Waals surface area contributed by atoms with Gasteiger partial charge < -0.3 is 14.4 Å². The number of aryl methyl sites for hydroxylation is 1. The summed E-state index contributed by atoms with van der Waals surface area (Å²) < 4.78 is 12.1. The van der Waals surface area contributed by atoms with Crippen molar-refractivity contribution in [1.82, 2.24) is 9.80 Å². The number of benzene rings is 3. The number of amidine groups is 1. The zero-order valence-electron chi connectivity index (χ0n) is 21.7. The Kier molecular flexibility index (Phi) is 8.50. The van der Waals surface area contributed by atoms with Crippen molar-refractivity contribution in [3.8, 4) is 5.75 Å². The maximum atomic E-state index is 13.0. The molecule has 2 amide bonds. The standard InChI is InChI=1S/C30H28BrN3O4S/c1-20-6-8-21(9-7-20)19-38-26-11-10-22(16-25(26)31)17-27-29(36)33(2)30(39-27)32-24-5-3-4-23(18-24)28(35)34-12-14-37-15-13-34/h3-11,16-18H,12-15,19H2,1-2H3/b27-17+,32-30?. The van der Waals surface area contributed by atoms with Gasteiger partial charge in [-0.25, -0.2) is 4.99 Å². The molecule has 0 aliphatic carbocycles. The van der Waals surface area contributed by atoms with E-state index in [0.29, 0.717) is 54.2 Å². The van der Waals surface area contributed by atoms with E-state index in [2.05, 4.69) is 52.1 Å². The van der Waals surface area contributed by atoms with Crippen molar-refractivity contribution in [2.45, 2.75) is 13.5 Å². The van der Waals surface area contributed by atoms with Gasteiger partial charge in [0.15, 0.2) is 5.17 Å². The predicted octanol–water partition coefficient (Wildman–Crippen LogP) is 6.04. The minimum Gasteiger partial charge on any atom is -0.488 e. The summed E-state index contributed by atoms with van der Waals surface area (Å²) in [6.07, 6.45) is 1.85. The highest BCUT2D eigenvalue weighted by Gasteiger charge is 2.30. The molecule has 2 saturated heterocycles. The number of ether oxygens (including phenoxy) is 2. The second-order valence-electron chi connectivity index (χ2n) is 9.29. The fourth-order valence-corrected chi connectivity index (χ4v) is 5.64. The van der Waals surface area contributed by atoms with Crippen LogP contribution in [0.15, 0.2) is 81.1 Å². The number of carbonyl (C=O) groups excluding carboxylic acids is 2. The average molecular weight is 607 g/mol. The molecule has 3 aromatic rings. The molecule has 9 heteroatoms. The van der Waals surface area contributed by atoms with Crippen LogP contribution in [0.25, 0.3) is 6.08 Å². The van der Waals surface area contributed by atoms with E-state index >= 15 is 0 Å². The van der Waals surface area contributed by atoms with Gasteiger partial charge in [0.05, 0.1) is 28.3 Å². The molecule has 2 aliphatic rings. The monoisotopic (exact) mass is 605 g/mol. The lowest BCUT2D eigenvalue weighted by atomic mass is 10.1. The Morgan fingerprint density at radius 1 is 1.10 bits per heavy atom. The van der Waals surface area contributed by atoms with E-state index in [-0.39, 0.29) is 11.8 Å². The third-order valence-electron chi connectivity index (χ3n) is 6.39. The molecule has 3 aromatic carbocycles. The van der Waals surface area contributed by atoms with E-state index in [1.165, 1.54) is 22.2 Å². The first-order chi connectivity index (χ1) is 18.9. The molecular weight excluding hydrogens is 578 g/mol. The Morgan fingerprint density at radius 3 is 2.62 bits per heavy atom. The number of amides is 2. The van der Waals surface area contributed by atoms with E-state index in [0.717, 1.165) is 21.3 Å². The van der Waals surface area contributed by atoms with Crippen molar-refractivity contribution in [3.05, 3.63) is 98.4 Å². The topological polar surface area (TPSA) is 71.4 Å². The van der Waals surface area contributed by atoms with Gasteiger partial charge in [-0.1, -0.05) is 42.0 Å². The van der Waals surface area contributed by atoms with Crippen molar-refractivity contribution in [3.63, 3.8) is 0 Å². The Labute approximate surface area is 240 Å². The van der Waals surface area contributed by atoms with Crippen molar-refractivity contribution in [1.29, 1.82) is 0 Å². The van der Waals surface area contributed by atoms with Crippen LogP contribution in [0, 0.1) is 6.92 Å². The third-order valence-corrected chi connectivity index (χ3v) is 8.07. The van der Waals surface area contributed by atoms with Crippen molar-refractivity contribution in [2.24, 2.45) is 4.99 Å². The lowest BCUT2D eigenvalue weighted by molar-refractivity contribution is -0.121. The minimum absolute atomic E-state index is 0.0405. The van der Waals surface area contributed by atoms with Crippen molar-refractivity contribution in [2.75, 3.05) is 33.4 Å². The van der Waals surface area contributed by atoms with Crippen LogP contribution < -0.4 is 4.74 Å². The lowest BCUT2D eigenvalue weighted by Gasteiger charge is -2.26. The summed E-state index contributed by atoms with van der Waals surface area (Å²) in [5.74, 6) is 0.561. The van der Waals surface area contributed by atoms with Crippen LogP contribution in [0.5, 0.6) is 5.75 Å². The summed E-state index contributed by atoms with van der Waals surface area (Å²) >= 11 is 4.90. The first kappa shape index (κ1) is 27.2. The number of nitrogens with zero attached hydrogens (tertiary/aromatic N) is 3. The number of morpholine rings is 1. The second kappa shape index (κ2) is 12.2. The Hall–Kier alpha value is -3.40. The molecule has 2 aliphatic heterocycles. The van der Waals surface area contributed by atoms with Gasteiger partial charge in [0.25, 0.3) is 11.8 Å². The molecule has 0 saturated carbocycles. The summed E-state index contributed by atoms with van der Waals surface area (Å²) in [5, 5.41) is 0.555. The quantitative estimate of drug-likeness (QED) is 0.320. The summed E-state index contributed by atoms with van der Waals surface area (Å²) in [6, 6.07) is 21.2. The predicted molar refractivity (Wildman–Crippen MR) is 158 cm³/mol. The van der Waals surface area contributed by atoms with Gasteiger partial charge in [-0.15, -0.1) is 0 Å². The highest BCUT2D eigenvalue weighted by Crippen LogP contribution is 2.35. The molecule has 2 fully saturated rings. The van der Waals surface area contributed by atoms with Crippen LogP contribution in [-0.2, 0) is 16.1 Å². The Bertz CT molecular complexity index is 1450. The Balaban J connectivity index is 1.28. The molecule has 0 radical (unpaired) electrons. The molecule has 5 rings (SSSR count). The fraction of sp³-hybridized carbons (Fsp3) is 0.233. The molecule has 0 spiro atoms. The zero-order chi connectivity index (χ0) is 27.4. The van der Waals surface area contributed by atoms with Gasteiger partial charge in [-0.05, 0) is 82.2 Å². The van der Waals surface area contributed by atoms with Crippen LogP contribution in [0.2, 0.25) is 0 Å². The summed E-state index contributed by atoms with van der Waals surface area (Å²) in [4.78, 5) is 34.4. The molecule has 0 N–H and O–H groups in total. The molecule has 200 valence electrons. The van der Waals surface area contributed by atoms with E-state index in [1.54, 1.807) is 24.1 Å². The van der Waals surface area contributed by atoms with Gasteiger partial charge in [0.1, 0.15) is 12.4 Å². The summed E-state index contributed by atoms with van der Waals surface area (Å²) in [5.41, 5.74) is 4.37. The molecule has 7 nitrogen and oxygen atoms in total. The molecule has 2 heterocycles. The van der Waals surface area contributed by atoms with Crippen LogP contribution >= 0.6 is 27.7 Å². The van der Waals surface area contributed by atoms with Crippen molar-refractivity contribution < 1.29 is 19.1 Å². The number of hydrogen-bond donors (Lipinski definition) is 0. The second-order valence-corrected chi connectivity index (χ2v) is 11.2. The minimum atomic E-state index is -0.130. The van der Waals surface area contributed by atoms with Gasteiger partial charge in [-0.3, -0.25) is 14.5 Å². The maximum Gasteiger partial charge on any atom is 0.266 e. The zero-order valence-corrected chi connectivity index (χ0v) is 24.1. The van der Waals surface area contributed by atoms with Crippen LogP contribution in [-0.4, -0.2) is 60.1 Å². The molecule has 0 bridgehead atoms. The van der Waals surface area contributed by atoms with E-state index in [4.69, 9.17) is 9.47 Å². The number of rotatable bonds is 6. The van der Waals surface area contributed by atoms with Crippen LogP contribution in [0.1, 0.15) is 27.0 Å². The fourth-order valence-electron chi connectivity index (χ4n) is 4.14. The van der Waals surface area contributed by atoms with E-state index < -0.39 is 0 Å². The third kappa shape index (κ3) is 6.61. The van der Waals surface area contributed by atoms with Gasteiger partial charge in [-0.2, -0.15) is 0 Å². The molecule has 0 aromatic heterocycles. The smallest absolute Gasteiger partial charge is 0.266 e. The van der Waals surface area contributed by atoms with Gasteiger partial charge in [0.2, 0.25) is 0 Å². The van der Waals surface area contributed by atoms with E-state index in [1.807, 2.05) is 36.4 Å². The first-order valence-electron chi connectivity index (χ1n) is 12.6. The number of carbonyl (C=O) groups is 2. The number of aliphatic imine (C=N–C) groups is 1. The summed E-state index contributed by atoms with van der Waals surface area (Å²) in [6.45, 7) is 4.78. The first-order valence-corrected chi connectivity index (χ1v) is 14.2. The highest BCUT2D eigenvalue weighted by atomic mass is 79.9. The normalized spacial score (nSPS) is 17.8. The van der Waals surface area contributed by atoms with Crippen molar-refractivity contribution >= 4 is 56.4 Å². The lowest BCUT2D eigenvalue weighted by Crippen LogP contribution is -2.40. The number of thioether (sulfide) groups is 1. The number of halogens is 1. The maximum absolute atomic E-state index is 13.0. The number of likely N-dealkylation sites (N-methyl/N-ethyl adjacent to an activating group) is 1. The average Bonchev–Trinajstić information content (AvgIpc) is 3.21.